The van der Waals surface area contributed by atoms with Crippen LogP contribution in [-0.4, -0.2) is 48.5 Å². The van der Waals surface area contributed by atoms with E-state index in [0.717, 1.165) is 25.7 Å². The normalized spacial score (nSPS) is 15.1. The maximum Gasteiger partial charge on any atom is 0.334 e. The quantitative estimate of drug-likeness (QED) is 0.306. The third-order valence-corrected chi connectivity index (χ3v) is 4.21. The van der Waals surface area contributed by atoms with Crippen LogP contribution < -0.4 is 0 Å². The van der Waals surface area contributed by atoms with Crippen LogP contribution in [0.2, 0.25) is 0 Å². The van der Waals surface area contributed by atoms with E-state index in [9.17, 15) is 14.4 Å². The predicted molar refractivity (Wildman–Crippen MR) is 94.8 cm³/mol. The van der Waals surface area contributed by atoms with Crippen LogP contribution in [0.1, 0.15) is 65.2 Å². The molecule has 6 heteroatoms. The number of carbonyl (C=O) groups is 3. The third-order valence-electron chi connectivity index (χ3n) is 4.21. The van der Waals surface area contributed by atoms with Gasteiger partial charge >= 0.3 is 11.9 Å². The zero-order chi connectivity index (χ0) is 18.7. The summed E-state index contributed by atoms with van der Waals surface area (Å²) >= 11 is 0. The van der Waals surface area contributed by atoms with E-state index in [1.54, 1.807) is 4.90 Å². The third kappa shape index (κ3) is 8.70. The van der Waals surface area contributed by atoms with E-state index in [1.807, 2.05) is 6.92 Å². The van der Waals surface area contributed by atoms with Gasteiger partial charge in [0, 0.05) is 18.5 Å². The number of likely N-dealkylation sites (tertiary alicyclic amines) is 1. The van der Waals surface area contributed by atoms with Crippen LogP contribution in [0.5, 0.6) is 0 Å². The fourth-order valence-electron chi connectivity index (χ4n) is 2.72. The Morgan fingerprint density at radius 1 is 1.28 bits per heavy atom. The molecule has 0 aliphatic carbocycles. The highest BCUT2D eigenvalue weighted by Crippen LogP contribution is 2.11. The highest BCUT2D eigenvalue weighted by molar-refractivity contribution is 5.93. The fraction of sp³-hybridized carbons (Fsp3) is 0.737. The number of carbonyl (C=O) groups excluding carboxylic acids is 3. The monoisotopic (exact) mass is 353 g/mol. The zero-order valence-corrected chi connectivity index (χ0v) is 15.6. The Hall–Kier alpha value is -1.85. The molecular weight excluding hydrogens is 322 g/mol. The average Bonchev–Trinajstić information content (AvgIpc) is 2.96. The lowest BCUT2D eigenvalue weighted by Gasteiger charge is -2.16. The summed E-state index contributed by atoms with van der Waals surface area (Å²) in [5.74, 6) is -0.981. The van der Waals surface area contributed by atoms with Crippen LogP contribution in [0.25, 0.3) is 0 Å². The standard InChI is InChI=1S/C19H31NO5/c1-4-5-6-7-9-16(3)25-18(22)14-15(2)19(23)24-13-12-20-11-8-10-17(20)21/h16H,2,4-14H2,1,3H3/t16-/m1/s1. The molecule has 0 aromatic heterocycles. The second-order valence-electron chi connectivity index (χ2n) is 6.55. The molecule has 142 valence electrons. The van der Waals surface area contributed by atoms with Crippen molar-refractivity contribution in [3.8, 4) is 0 Å². The second-order valence-corrected chi connectivity index (χ2v) is 6.55. The summed E-state index contributed by atoms with van der Waals surface area (Å²) in [5.41, 5.74) is 0.0796. The first kappa shape index (κ1) is 21.2. The molecule has 1 aliphatic heterocycles. The van der Waals surface area contributed by atoms with Crippen LogP contribution in [-0.2, 0) is 23.9 Å². The highest BCUT2D eigenvalue weighted by Gasteiger charge is 2.21. The number of nitrogens with zero attached hydrogens (tertiary/aromatic N) is 1. The van der Waals surface area contributed by atoms with Gasteiger partial charge in [0.05, 0.1) is 19.1 Å². The number of amides is 1. The number of hydrogen-bond donors (Lipinski definition) is 0. The van der Waals surface area contributed by atoms with E-state index in [0.29, 0.717) is 19.5 Å². The summed E-state index contributed by atoms with van der Waals surface area (Å²) in [4.78, 5) is 36.8. The Morgan fingerprint density at radius 2 is 2.04 bits per heavy atom. The van der Waals surface area contributed by atoms with Gasteiger partial charge in [-0.2, -0.15) is 0 Å². The minimum atomic E-state index is -0.612. The summed E-state index contributed by atoms with van der Waals surface area (Å²) in [5, 5.41) is 0. The van der Waals surface area contributed by atoms with Gasteiger partial charge in [0.15, 0.2) is 0 Å². The van der Waals surface area contributed by atoms with Crippen LogP contribution in [0.3, 0.4) is 0 Å². The van der Waals surface area contributed by atoms with Gasteiger partial charge in [-0.3, -0.25) is 9.59 Å². The maximum atomic E-state index is 11.8. The smallest absolute Gasteiger partial charge is 0.334 e. The molecule has 1 amide bonds. The van der Waals surface area contributed by atoms with Crippen LogP contribution in [0.4, 0.5) is 0 Å². The molecule has 1 aliphatic rings. The molecule has 1 rings (SSSR count). The van der Waals surface area contributed by atoms with Gasteiger partial charge in [0.25, 0.3) is 0 Å². The minimum absolute atomic E-state index is 0.0796. The lowest BCUT2D eigenvalue weighted by atomic mass is 10.1. The first-order valence-electron chi connectivity index (χ1n) is 9.26. The van der Waals surface area contributed by atoms with Gasteiger partial charge in [0.2, 0.25) is 5.91 Å². The second kappa shape index (κ2) is 11.7. The van der Waals surface area contributed by atoms with Gasteiger partial charge in [-0.1, -0.05) is 32.8 Å². The lowest BCUT2D eigenvalue weighted by Crippen LogP contribution is -2.29. The number of rotatable bonds is 12. The van der Waals surface area contributed by atoms with E-state index in [4.69, 9.17) is 9.47 Å². The van der Waals surface area contributed by atoms with Crippen LogP contribution >= 0.6 is 0 Å². The van der Waals surface area contributed by atoms with E-state index >= 15 is 0 Å². The van der Waals surface area contributed by atoms with Crippen molar-refractivity contribution in [3.05, 3.63) is 12.2 Å². The van der Waals surface area contributed by atoms with E-state index in [-0.39, 0.29) is 30.6 Å². The molecule has 25 heavy (non-hydrogen) atoms. The molecule has 0 N–H and O–H groups in total. The Morgan fingerprint density at radius 3 is 2.68 bits per heavy atom. The van der Waals surface area contributed by atoms with Gasteiger partial charge in [-0.25, -0.2) is 4.79 Å². The van der Waals surface area contributed by atoms with E-state index in [1.165, 1.54) is 12.8 Å². The van der Waals surface area contributed by atoms with E-state index in [2.05, 4.69) is 13.5 Å². The molecule has 1 saturated heterocycles. The van der Waals surface area contributed by atoms with Crippen molar-refractivity contribution in [1.82, 2.24) is 4.90 Å². The molecule has 1 heterocycles. The van der Waals surface area contributed by atoms with Gasteiger partial charge in [-0.15, -0.1) is 0 Å². The number of unbranched alkanes of at least 4 members (excludes halogenated alkanes) is 3. The predicted octanol–water partition coefficient (Wildman–Crippen LogP) is 3.00. The molecule has 0 aromatic carbocycles. The molecule has 0 saturated carbocycles. The van der Waals surface area contributed by atoms with Crippen molar-refractivity contribution >= 4 is 17.8 Å². The SMILES string of the molecule is C=C(CC(=O)O[C@H](C)CCCCCC)C(=O)OCCN1CCCC1=O. The minimum Gasteiger partial charge on any atom is -0.462 e. The first-order valence-corrected chi connectivity index (χ1v) is 9.26. The summed E-state index contributed by atoms with van der Waals surface area (Å²) < 4.78 is 10.4. The summed E-state index contributed by atoms with van der Waals surface area (Å²) in [6.45, 7) is 8.82. The van der Waals surface area contributed by atoms with E-state index < -0.39 is 11.9 Å². The molecule has 1 fully saturated rings. The molecule has 0 unspecified atom stereocenters. The Kier molecular flexibility index (Phi) is 9.88. The molecule has 0 radical (unpaired) electrons. The molecular formula is C19H31NO5. The van der Waals surface area contributed by atoms with Crippen molar-refractivity contribution in [2.75, 3.05) is 19.7 Å². The Labute approximate surface area is 150 Å². The largest absolute Gasteiger partial charge is 0.462 e. The topological polar surface area (TPSA) is 72.9 Å². The van der Waals surface area contributed by atoms with Gasteiger partial charge in [0.1, 0.15) is 6.61 Å². The lowest BCUT2D eigenvalue weighted by molar-refractivity contribution is -0.150. The maximum absolute atomic E-state index is 11.8. The van der Waals surface area contributed by atoms with Crippen molar-refractivity contribution < 1.29 is 23.9 Å². The number of esters is 2. The van der Waals surface area contributed by atoms with Gasteiger partial charge < -0.3 is 14.4 Å². The zero-order valence-electron chi connectivity index (χ0n) is 15.6. The number of hydrogen-bond acceptors (Lipinski definition) is 5. The van der Waals surface area contributed by atoms with Crippen molar-refractivity contribution in [3.63, 3.8) is 0 Å². The summed E-state index contributed by atoms with van der Waals surface area (Å²) in [6.07, 6.45) is 6.43. The number of ether oxygens (including phenoxy) is 2. The highest BCUT2D eigenvalue weighted by atomic mass is 16.5. The Bertz CT molecular complexity index is 474. The van der Waals surface area contributed by atoms with Crippen molar-refractivity contribution in [2.45, 2.75) is 71.3 Å². The Balaban J connectivity index is 2.17. The summed E-state index contributed by atoms with van der Waals surface area (Å²) in [6, 6.07) is 0. The van der Waals surface area contributed by atoms with Gasteiger partial charge in [-0.05, 0) is 26.2 Å². The summed E-state index contributed by atoms with van der Waals surface area (Å²) in [7, 11) is 0. The first-order chi connectivity index (χ1) is 11.9. The fourth-order valence-corrected chi connectivity index (χ4v) is 2.72. The van der Waals surface area contributed by atoms with Crippen molar-refractivity contribution in [1.29, 1.82) is 0 Å². The molecule has 0 spiro atoms. The van der Waals surface area contributed by atoms with Crippen LogP contribution in [0, 0.1) is 0 Å². The molecule has 0 aromatic rings. The average molecular weight is 353 g/mol. The van der Waals surface area contributed by atoms with Crippen LogP contribution in [0.15, 0.2) is 12.2 Å². The molecule has 0 bridgehead atoms. The van der Waals surface area contributed by atoms with Crippen molar-refractivity contribution in [2.24, 2.45) is 0 Å². The molecule has 6 nitrogen and oxygen atoms in total. The molecule has 1 atom stereocenters.